The summed E-state index contributed by atoms with van der Waals surface area (Å²) in [5.41, 5.74) is -0.851. The van der Waals surface area contributed by atoms with Gasteiger partial charge in [-0.05, 0) is 26.0 Å². The van der Waals surface area contributed by atoms with Crippen LogP contribution in [0.25, 0.3) is 21.9 Å². The molecule has 0 aliphatic heterocycles. The van der Waals surface area contributed by atoms with Crippen LogP contribution in [0, 0.1) is 0 Å². The Morgan fingerprint density at radius 1 is 1.07 bits per heavy atom. The van der Waals surface area contributed by atoms with Gasteiger partial charge in [0.15, 0.2) is 6.10 Å². The Hall–Kier alpha value is -3.29. The van der Waals surface area contributed by atoms with Gasteiger partial charge in [0.05, 0.1) is 17.0 Å². The predicted molar refractivity (Wildman–Crippen MR) is 99.2 cm³/mol. The summed E-state index contributed by atoms with van der Waals surface area (Å²) in [6, 6.07) is 6.19. The highest BCUT2D eigenvalue weighted by atomic mass is 16.6. The molecule has 0 bridgehead atoms. The highest BCUT2D eigenvalue weighted by Crippen LogP contribution is 2.35. The molecule has 0 aliphatic carbocycles. The molecule has 0 N–H and O–H groups in total. The van der Waals surface area contributed by atoms with Gasteiger partial charge in [0, 0.05) is 26.0 Å². The number of hydrogen-bond acceptors (Lipinski definition) is 8. The molecule has 8 heteroatoms. The van der Waals surface area contributed by atoms with E-state index in [2.05, 4.69) is 0 Å². The van der Waals surface area contributed by atoms with Gasteiger partial charge in [0.25, 0.3) is 0 Å². The van der Waals surface area contributed by atoms with Gasteiger partial charge in [0.2, 0.25) is 0 Å². The fraction of sp³-hybridized carbons (Fsp3) is 0.350. The second-order valence-corrected chi connectivity index (χ2v) is 6.81. The summed E-state index contributed by atoms with van der Waals surface area (Å²) in [7, 11) is 0. The number of hydrogen-bond donors (Lipinski definition) is 0. The molecule has 2 heterocycles. The Bertz CT molecular complexity index is 1090. The number of ether oxygens (including phenoxy) is 3. The molecular formula is C20H20O8. The van der Waals surface area contributed by atoms with Gasteiger partial charge in [-0.3, -0.25) is 9.59 Å². The first kappa shape index (κ1) is 19.5. The maximum absolute atomic E-state index is 11.5. The van der Waals surface area contributed by atoms with Crippen LogP contribution in [0.5, 0.6) is 5.75 Å². The van der Waals surface area contributed by atoms with Crippen molar-refractivity contribution < 1.29 is 32.6 Å². The highest BCUT2D eigenvalue weighted by Gasteiger charge is 2.36. The molecule has 0 saturated heterocycles. The first-order valence-corrected chi connectivity index (χ1v) is 8.61. The van der Waals surface area contributed by atoms with E-state index in [0.29, 0.717) is 27.7 Å². The number of fused-ring (bicyclic) bond motifs is 2. The molecule has 2 aromatic heterocycles. The Balaban J connectivity index is 1.99. The first-order chi connectivity index (χ1) is 13.2. The van der Waals surface area contributed by atoms with Gasteiger partial charge in [-0.25, -0.2) is 4.79 Å². The zero-order valence-corrected chi connectivity index (χ0v) is 15.9. The molecule has 0 spiro atoms. The van der Waals surface area contributed by atoms with Crippen LogP contribution in [0.3, 0.4) is 0 Å². The predicted octanol–water partition coefficient (Wildman–Crippen LogP) is 3.19. The Morgan fingerprint density at radius 3 is 2.46 bits per heavy atom. The van der Waals surface area contributed by atoms with Gasteiger partial charge in [-0.15, -0.1) is 0 Å². The van der Waals surface area contributed by atoms with Crippen LogP contribution in [-0.2, 0) is 19.1 Å². The number of rotatable bonds is 6. The quantitative estimate of drug-likeness (QED) is 0.468. The molecule has 0 radical (unpaired) electrons. The molecule has 0 amide bonds. The van der Waals surface area contributed by atoms with E-state index in [4.69, 9.17) is 23.0 Å². The lowest BCUT2D eigenvalue weighted by atomic mass is 10.0. The van der Waals surface area contributed by atoms with Crippen molar-refractivity contribution in [3.8, 4) is 5.75 Å². The van der Waals surface area contributed by atoms with Gasteiger partial charge < -0.3 is 23.0 Å². The average molecular weight is 388 g/mol. The number of benzene rings is 1. The van der Waals surface area contributed by atoms with E-state index in [-0.39, 0.29) is 6.61 Å². The zero-order chi connectivity index (χ0) is 20.5. The lowest BCUT2D eigenvalue weighted by molar-refractivity contribution is -0.181. The van der Waals surface area contributed by atoms with Crippen molar-refractivity contribution in [1.29, 1.82) is 0 Å². The summed E-state index contributed by atoms with van der Waals surface area (Å²) in [4.78, 5) is 34.5. The fourth-order valence-corrected chi connectivity index (χ4v) is 2.94. The number of carbonyl (C=O) groups excluding carboxylic acids is 2. The minimum atomic E-state index is -1.12. The summed E-state index contributed by atoms with van der Waals surface area (Å²) < 4.78 is 27.2. The molecule has 0 aliphatic rings. The second-order valence-electron chi connectivity index (χ2n) is 6.81. The fourth-order valence-electron chi connectivity index (χ4n) is 2.94. The van der Waals surface area contributed by atoms with Gasteiger partial charge in [-0.1, -0.05) is 0 Å². The Kier molecular flexibility index (Phi) is 5.13. The van der Waals surface area contributed by atoms with Crippen LogP contribution < -0.4 is 10.4 Å². The number of esters is 2. The van der Waals surface area contributed by atoms with Crippen molar-refractivity contribution in [2.24, 2.45) is 0 Å². The topological polar surface area (TPSA) is 105 Å². The van der Waals surface area contributed by atoms with Crippen molar-refractivity contribution in [1.82, 2.24) is 0 Å². The summed E-state index contributed by atoms with van der Waals surface area (Å²) in [6.07, 6.45) is 0.614. The first-order valence-electron chi connectivity index (χ1n) is 8.61. The Morgan fingerprint density at radius 2 is 1.79 bits per heavy atom. The van der Waals surface area contributed by atoms with Crippen molar-refractivity contribution in [2.45, 2.75) is 39.4 Å². The minimum absolute atomic E-state index is 0.0988. The summed E-state index contributed by atoms with van der Waals surface area (Å²) in [5, 5.41) is 1.22. The molecule has 1 atom stereocenters. The lowest BCUT2D eigenvalue weighted by Crippen LogP contribution is -2.46. The van der Waals surface area contributed by atoms with Crippen molar-refractivity contribution in [3.63, 3.8) is 0 Å². The molecule has 0 fully saturated rings. The molecular weight excluding hydrogens is 368 g/mol. The van der Waals surface area contributed by atoms with Crippen LogP contribution in [0.15, 0.2) is 44.2 Å². The van der Waals surface area contributed by atoms with E-state index in [1.807, 2.05) is 0 Å². The Labute approximate surface area is 160 Å². The van der Waals surface area contributed by atoms with Crippen molar-refractivity contribution >= 4 is 33.9 Å². The number of carbonyl (C=O) groups is 2. The average Bonchev–Trinajstić information content (AvgIpc) is 3.03. The molecule has 1 aromatic carbocycles. The van der Waals surface area contributed by atoms with E-state index >= 15 is 0 Å². The van der Waals surface area contributed by atoms with Crippen LogP contribution in [-0.4, -0.2) is 30.3 Å². The molecule has 0 unspecified atom stereocenters. The lowest BCUT2D eigenvalue weighted by Gasteiger charge is -2.32. The molecule has 0 saturated carbocycles. The third-order valence-corrected chi connectivity index (χ3v) is 4.18. The van der Waals surface area contributed by atoms with Crippen LogP contribution in [0.4, 0.5) is 0 Å². The standard InChI is InChI=1S/C20H20O8/c1-11(21)26-17(20(3,4)28-12(2)22)10-25-19-13-5-6-18(23)27-16(13)9-15-14(19)7-8-24-15/h5-9,17H,10H2,1-4H3/t17-/m0/s1. The molecule has 3 rings (SSSR count). The maximum Gasteiger partial charge on any atom is 0.336 e. The van der Waals surface area contributed by atoms with E-state index in [1.165, 1.54) is 26.2 Å². The van der Waals surface area contributed by atoms with Gasteiger partial charge in [-0.2, -0.15) is 0 Å². The molecule has 28 heavy (non-hydrogen) atoms. The van der Waals surface area contributed by atoms with E-state index in [0.717, 1.165) is 0 Å². The van der Waals surface area contributed by atoms with E-state index in [1.54, 1.807) is 32.0 Å². The van der Waals surface area contributed by atoms with Crippen LogP contribution in [0.2, 0.25) is 0 Å². The van der Waals surface area contributed by atoms with E-state index < -0.39 is 29.3 Å². The second kappa shape index (κ2) is 7.38. The minimum Gasteiger partial charge on any atom is -0.488 e. The number of furan rings is 1. The molecule has 8 nitrogen and oxygen atoms in total. The van der Waals surface area contributed by atoms with Gasteiger partial charge in [0.1, 0.15) is 29.1 Å². The van der Waals surface area contributed by atoms with Crippen molar-refractivity contribution in [3.05, 3.63) is 40.9 Å². The van der Waals surface area contributed by atoms with Crippen LogP contribution >= 0.6 is 0 Å². The van der Waals surface area contributed by atoms with E-state index in [9.17, 15) is 14.4 Å². The summed E-state index contributed by atoms with van der Waals surface area (Å²) >= 11 is 0. The normalized spacial score (nSPS) is 12.7. The van der Waals surface area contributed by atoms with Crippen LogP contribution in [0.1, 0.15) is 27.7 Å². The SMILES string of the molecule is CC(=O)O[C@@H](COc1c2ccoc2cc2oc(=O)ccc12)C(C)(C)OC(C)=O. The zero-order valence-electron chi connectivity index (χ0n) is 15.9. The maximum atomic E-state index is 11.5. The monoisotopic (exact) mass is 388 g/mol. The molecule has 148 valence electrons. The third kappa shape index (κ3) is 4.00. The largest absolute Gasteiger partial charge is 0.488 e. The highest BCUT2D eigenvalue weighted by molar-refractivity contribution is 6.01. The third-order valence-electron chi connectivity index (χ3n) is 4.18. The summed E-state index contributed by atoms with van der Waals surface area (Å²) in [5.74, 6) is -0.640. The van der Waals surface area contributed by atoms with Crippen molar-refractivity contribution in [2.75, 3.05) is 6.61 Å². The molecule has 3 aromatic rings. The summed E-state index contributed by atoms with van der Waals surface area (Å²) in [6.45, 7) is 5.69. The smallest absolute Gasteiger partial charge is 0.336 e. The van der Waals surface area contributed by atoms with Gasteiger partial charge >= 0.3 is 17.6 Å².